The van der Waals surface area contributed by atoms with Crippen LogP contribution < -0.4 is 10.6 Å². The van der Waals surface area contributed by atoms with E-state index in [4.69, 9.17) is 0 Å². The van der Waals surface area contributed by atoms with Crippen molar-refractivity contribution >= 4 is 5.91 Å². The predicted octanol–water partition coefficient (Wildman–Crippen LogP) is 0.551. The van der Waals surface area contributed by atoms with Gasteiger partial charge in [-0.25, -0.2) is 0 Å². The molecule has 26 heavy (non-hydrogen) atoms. The molecule has 7 nitrogen and oxygen atoms in total. The maximum atomic E-state index is 12.8. The number of fused-ring (bicyclic) bond motifs is 1. The first-order valence-corrected chi connectivity index (χ1v) is 10.2. The van der Waals surface area contributed by atoms with Crippen LogP contribution in [0.25, 0.3) is 0 Å². The summed E-state index contributed by atoms with van der Waals surface area (Å²) in [6.07, 6.45) is 5.59. The van der Waals surface area contributed by atoms with Gasteiger partial charge in [-0.3, -0.25) is 14.4 Å². The van der Waals surface area contributed by atoms with Crippen molar-refractivity contribution in [2.75, 3.05) is 33.2 Å². The number of aromatic nitrogens is 2. The van der Waals surface area contributed by atoms with Crippen LogP contribution in [0.3, 0.4) is 0 Å². The fraction of sp³-hybridized carbons (Fsp3) is 0.789. The van der Waals surface area contributed by atoms with Crippen LogP contribution in [0.2, 0.25) is 0 Å². The van der Waals surface area contributed by atoms with Crippen LogP contribution in [0, 0.1) is 0 Å². The molecule has 2 saturated heterocycles. The first-order valence-electron chi connectivity index (χ1n) is 10.2. The maximum Gasteiger partial charge on any atom is 0.237 e. The number of aryl methyl sites for hydroxylation is 1. The Morgan fingerprint density at radius 1 is 1.23 bits per heavy atom. The van der Waals surface area contributed by atoms with Crippen molar-refractivity contribution in [1.29, 1.82) is 0 Å². The third-order valence-electron chi connectivity index (χ3n) is 6.14. The zero-order chi connectivity index (χ0) is 17.9. The Balaban J connectivity index is 1.32. The first kappa shape index (κ1) is 17.9. The number of amides is 1. The lowest BCUT2D eigenvalue weighted by atomic mass is 10.0. The zero-order valence-corrected chi connectivity index (χ0v) is 15.9. The number of likely N-dealkylation sites (tertiary alicyclic amines) is 2. The van der Waals surface area contributed by atoms with Gasteiger partial charge in [-0.05, 0) is 71.4 Å². The van der Waals surface area contributed by atoms with Gasteiger partial charge in [0.05, 0.1) is 24.0 Å². The summed E-state index contributed by atoms with van der Waals surface area (Å²) in [6, 6.07) is 2.74. The van der Waals surface area contributed by atoms with E-state index in [0.717, 1.165) is 64.2 Å². The van der Waals surface area contributed by atoms with E-state index in [9.17, 15) is 4.79 Å². The molecule has 0 aromatic carbocycles. The normalized spacial score (nSPS) is 25.8. The van der Waals surface area contributed by atoms with Crippen LogP contribution in [0.15, 0.2) is 6.07 Å². The van der Waals surface area contributed by atoms with Gasteiger partial charge in [0.25, 0.3) is 0 Å². The first-order chi connectivity index (χ1) is 12.7. The SMILES string of the molecule is CN1CCC(N2CCC[C@H]2C(=O)NCc2cc3n(n2)CCCNC3)CC1. The second kappa shape index (κ2) is 8.06. The molecule has 0 radical (unpaired) electrons. The van der Waals surface area contributed by atoms with Crippen molar-refractivity contribution < 1.29 is 4.79 Å². The number of hydrogen-bond acceptors (Lipinski definition) is 5. The largest absolute Gasteiger partial charge is 0.349 e. The summed E-state index contributed by atoms with van der Waals surface area (Å²) in [4.78, 5) is 17.7. The van der Waals surface area contributed by atoms with E-state index in [1.54, 1.807) is 0 Å². The lowest BCUT2D eigenvalue weighted by molar-refractivity contribution is -0.126. The third-order valence-corrected chi connectivity index (χ3v) is 6.14. The molecule has 1 atom stereocenters. The van der Waals surface area contributed by atoms with E-state index in [1.165, 1.54) is 18.5 Å². The van der Waals surface area contributed by atoms with Crippen molar-refractivity contribution in [2.45, 2.75) is 63.8 Å². The Kier molecular flexibility index (Phi) is 5.57. The fourth-order valence-electron chi connectivity index (χ4n) is 4.64. The van der Waals surface area contributed by atoms with E-state index in [0.29, 0.717) is 12.6 Å². The van der Waals surface area contributed by atoms with Gasteiger partial charge in [-0.15, -0.1) is 0 Å². The number of nitrogens with zero attached hydrogens (tertiary/aromatic N) is 4. The van der Waals surface area contributed by atoms with Crippen molar-refractivity contribution in [3.8, 4) is 0 Å². The minimum absolute atomic E-state index is 0.0468. The Morgan fingerprint density at radius 2 is 2.08 bits per heavy atom. The Bertz CT molecular complexity index is 598. The summed E-state index contributed by atoms with van der Waals surface area (Å²) in [5.74, 6) is 0.183. The molecule has 1 aromatic heterocycles. The zero-order valence-electron chi connectivity index (χ0n) is 15.9. The van der Waals surface area contributed by atoms with Crippen molar-refractivity contribution in [3.05, 3.63) is 17.5 Å². The molecule has 1 aromatic rings. The highest BCUT2D eigenvalue weighted by molar-refractivity contribution is 5.82. The highest BCUT2D eigenvalue weighted by Crippen LogP contribution is 2.26. The summed E-state index contributed by atoms with van der Waals surface area (Å²) in [7, 11) is 2.19. The highest BCUT2D eigenvalue weighted by atomic mass is 16.2. The minimum Gasteiger partial charge on any atom is -0.349 e. The van der Waals surface area contributed by atoms with Gasteiger partial charge in [0.15, 0.2) is 0 Å². The summed E-state index contributed by atoms with van der Waals surface area (Å²) in [5, 5.41) is 11.2. The molecule has 0 unspecified atom stereocenters. The average molecular weight is 361 g/mol. The van der Waals surface area contributed by atoms with Gasteiger partial charge in [0.1, 0.15) is 0 Å². The molecule has 0 aliphatic carbocycles. The second-order valence-corrected chi connectivity index (χ2v) is 8.03. The van der Waals surface area contributed by atoms with E-state index in [-0.39, 0.29) is 11.9 Å². The molecule has 2 N–H and O–H groups in total. The van der Waals surface area contributed by atoms with Crippen LogP contribution >= 0.6 is 0 Å². The van der Waals surface area contributed by atoms with Crippen LogP contribution in [-0.2, 0) is 24.4 Å². The number of rotatable bonds is 4. The maximum absolute atomic E-state index is 12.8. The molecule has 0 bridgehead atoms. The van der Waals surface area contributed by atoms with Gasteiger partial charge in [-0.1, -0.05) is 0 Å². The van der Waals surface area contributed by atoms with E-state index in [1.807, 2.05) is 0 Å². The smallest absolute Gasteiger partial charge is 0.237 e. The summed E-state index contributed by atoms with van der Waals surface area (Å²) >= 11 is 0. The summed E-state index contributed by atoms with van der Waals surface area (Å²) in [6.45, 7) is 6.77. The van der Waals surface area contributed by atoms with Crippen molar-refractivity contribution in [3.63, 3.8) is 0 Å². The van der Waals surface area contributed by atoms with Crippen molar-refractivity contribution in [2.24, 2.45) is 0 Å². The molecular weight excluding hydrogens is 328 g/mol. The molecule has 2 fully saturated rings. The van der Waals surface area contributed by atoms with Crippen LogP contribution in [0.1, 0.15) is 43.5 Å². The second-order valence-electron chi connectivity index (χ2n) is 8.03. The Morgan fingerprint density at radius 3 is 2.92 bits per heavy atom. The molecular formula is C19H32N6O. The lowest BCUT2D eigenvalue weighted by Crippen LogP contribution is -2.50. The van der Waals surface area contributed by atoms with E-state index >= 15 is 0 Å². The predicted molar refractivity (Wildman–Crippen MR) is 101 cm³/mol. The van der Waals surface area contributed by atoms with E-state index < -0.39 is 0 Å². The van der Waals surface area contributed by atoms with E-state index in [2.05, 4.69) is 43.3 Å². The van der Waals surface area contributed by atoms with Gasteiger partial charge < -0.3 is 15.5 Å². The molecule has 7 heteroatoms. The van der Waals surface area contributed by atoms with Gasteiger partial charge >= 0.3 is 0 Å². The molecule has 144 valence electrons. The summed E-state index contributed by atoms with van der Waals surface area (Å²) < 4.78 is 2.09. The van der Waals surface area contributed by atoms with Gasteiger partial charge in [0, 0.05) is 19.1 Å². The highest BCUT2D eigenvalue weighted by Gasteiger charge is 2.36. The van der Waals surface area contributed by atoms with Crippen molar-refractivity contribution in [1.82, 2.24) is 30.2 Å². The lowest BCUT2D eigenvalue weighted by Gasteiger charge is -2.37. The molecule has 0 spiro atoms. The number of hydrogen-bond donors (Lipinski definition) is 2. The monoisotopic (exact) mass is 360 g/mol. The van der Waals surface area contributed by atoms with Gasteiger partial charge in [0.2, 0.25) is 5.91 Å². The van der Waals surface area contributed by atoms with Crippen LogP contribution in [0.4, 0.5) is 0 Å². The topological polar surface area (TPSA) is 65.4 Å². The molecule has 3 aliphatic heterocycles. The molecule has 0 saturated carbocycles. The summed E-state index contributed by atoms with van der Waals surface area (Å²) in [5.41, 5.74) is 2.20. The molecule has 4 rings (SSSR count). The Hall–Kier alpha value is -1.44. The number of piperidine rings is 1. The van der Waals surface area contributed by atoms with Crippen LogP contribution in [0.5, 0.6) is 0 Å². The quantitative estimate of drug-likeness (QED) is 0.821. The molecule has 3 aliphatic rings. The number of carbonyl (C=O) groups is 1. The molecule has 1 amide bonds. The standard InChI is InChI=1S/C19H32N6O/c1-23-10-5-16(6-11-23)24-8-2-4-18(24)19(26)21-13-15-12-17-14-20-7-3-9-25(17)22-15/h12,16,18,20H,2-11,13-14H2,1H3,(H,21,26)/t18-/m0/s1. The number of nitrogens with one attached hydrogen (secondary N) is 2. The fourth-order valence-corrected chi connectivity index (χ4v) is 4.64. The Labute approximate surface area is 156 Å². The molecule has 4 heterocycles. The van der Waals surface area contributed by atoms with Gasteiger partial charge in [-0.2, -0.15) is 5.10 Å². The average Bonchev–Trinajstić information content (AvgIpc) is 3.23. The van der Waals surface area contributed by atoms with Crippen LogP contribution in [-0.4, -0.2) is 70.8 Å². The third kappa shape index (κ3) is 3.94. The minimum atomic E-state index is 0.0468. The number of carbonyl (C=O) groups excluding carboxylic acids is 1.